The molecule has 0 aliphatic heterocycles. The fourth-order valence-corrected chi connectivity index (χ4v) is 5.57. The van der Waals surface area contributed by atoms with Gasteiger partial charge >= 0.3 is 0 Å². The zero-order valence-electron chi connectivity index (χ0n) is 11.8. The van der Waals surface area contributed by atoms with Crippen LogP contribution in [0.3, 0.4) is 0 Å². The largest absolute Gasteiger partial charge is 0.310 e. The number of hydrogen-bond donors (Lipinski definition) is 2. The van der Waals surface area contributed by atoms with Gasteiger partial charge in [0, 0.05) is 24.3 Å². The second-order valence-electron chi connectivity index (χ2n) is 7.28. The average molecular weight is 259 g/mol. The summed E-state index contributed by atoms with van der Waals surface area (Å²) >= 11 is 0. The van der Waals surface area contributed by atoms with Crippen LogP contribution in [0.25, 0.3) is 0 Å². The van der Waals surface area contributed by atoms with Crippen LogP contribution >= 0.6 is 0 Å². The molecule has 3 nitrogen and oxygen atoms in total. The summed E-state index contributed by atoms with van der Waals surface area (Å²) in [4.78, 5) is 0. The minimum Gasteiger partial charge on any atom is -0.310 e. The lowest BCUT2D eigenvalue weighted by Gasteiger charge is -2.56. The molecule has 4 fully saturated rings. The lowest BCUT2D eigenvalue weighted by molar-refractivity contribution is -0.0494. The lowest BCUT2D eigenvalue weighted by atomic mass is 9.50. The van der Waals surface area contributed by atoms with Crippen LogP contribution < -0.4 is 5.32 Å². The molecular formula is C16H25N3. The fraction of sp³-hybridized carbons (Fsp3) is 0.812. The summed E-state index contributed by atoms with van der Waals surface area (Å²) < 4.78 is 0. The van der Waals surface area contributed by atoms with Crippen LogP contribution in [-0.4, -0.2) is 16.2 Å². The third kappa shape index (κ3) is 2.12. The molecule has 0 amide bonds. The highest BCUT2D eigenvalue weighted by molar-refractivity contribution is 5.04. The predicted molar refractivity (Wildman–Crippen MR) is 75.4 cm³/mol. The number of aromatic nitrogens is 2. The van der Waals surface area contributed by atoms with Gasteiger partial charge in [-0.15, -0.1) is 0 Å². The van der Waals surface area contributed by atoms with Crippen molar-refractivity contribution >= 4 is 0 Å². The molecule has 0 radical (unpaired) electrons. The fourth-order valence-electron chi connectivity index (χ4n) is 5.57. The highest BCUT2D eigenvalue weighted by Crippen LogP contribution is 2.57. The van der Waals surface area contributed by atoms with Gasteiger partial charge in [-0.1, -0.05) is 0 Å². The van der Waals surface area contributed by atoms with Crippen LogP contribution in [0.1, 0.15) is 44.6 Å². The van der Waals surface area contributed by atoms with Crippen molar-refractivity contribution in [1.29, 1.82) is 0 Å². The normalized spacial score (nSPS) is 41.6. The topological polar surface area (TPSA) is 40.7 Å². The summed E-state index contributed by atoms with van der Waals surface area (Å²) in [6.45, 7) is 3.37. The summed E-state index contributed by atoms with van der Waals surface area (Å²) in [6, 6.07) is 0.657. The molecule has 0 saturated heterocycles. The van der Waals surface area contributed by atoms with Gasteiger partial charge in [-0.2, -0.15) is 5.10 Å². The predicted octanol–water partition coefficient (Wildman–Crippen LogP) is 2.96. The second-order valence-corrected chi connectivity index (χ2v) is 7.28. The quantitative estimate of drug-likeness (QED) is 0.873. The maximum Gasteiger partial charge on any atom is 0.0532 e. The first-order chi connectivity index (χ1) is 9.29. The Kier molecular flexibility index (Phi) is 2.91. The average Bonchev–Trinajstić information content (AvgIpc) is 2.88. The molecule has 1 heterocycles. The Bertz CT molecular complexity index is 397. The van der Waals surface area contributed by atoms with Crippen molar-refractivity contribution in [2.75, 3.05) is 0 Å². The van der Waals surface area contributed by atoms with Gasteiger partial charge in [0.15, 0.2) is 0 Å². The van der Waals surface area contributed by atoms with E-state index in [1.807, 2.05) is 12.4 Å². The van der Waals surface area contributed by atoms with Gasteiger partial charge in [0.05, 0.1) is 6.20 Å². The molecule has 4 saturated carbocycles. The van der Waals surface area contributed by atoms with E-state index in [1.165, 1.54) is 31.2 Å². The molecule has 1 aromatic rings. The number of hydrogen-bond acceptors (Lipinski definition) is 2. The number of nitrogens with zero attached hydrogens (tertiary/aromatic N) is 1. The molecular weight excluding hydrogens is 234 g/mol. The minimum atomic E-state index is 0.657. The molecule has 5 rings (SSSR count). The van der Waals surface area contributed by atoms with E-state index >= 15 is 0 Å². The van der Waals surface area contributed by atoms with Gasteiger partial charge in [-0.05, 0) is 68.6 Å². The van der Waals surface area contributed by atoms with Crippen molar-refractivity contribution in [3.8, 4) is 0 Å². The van der Waals surface area contributed by atoms with Crippen molar-refractivity contribution < 1.29 is 0 Å². The van der Waals surface area contributed by atoms with Crippen LogP contribution in [0.5, 0.6) is 0 Å². The first-order valence-electron chi connectivity index (χ1n) is 8.00. The number of aromatic amines is 1. The third-order valence-electron chi connectivity index (χ3n) is 6.06. The highest BCUT2D eigenvalue weighted by Gasteiger charge is 2.49. The lowest BCUT2D eigenvalue weighted by Crippen LogP contribution is -2.51. The summed E-state index contributed by atoms with van der Waals surface area (Å²) in [7, 11) is 0. The molecule has 2 N–H and O–H groups in total. The molecule has 1 atom stereocenters. The van der Waals surface area contributed by atoms with Crippen LogP contribution in [0.2, 0.25) is 0 Å². The van der Waals surface area contributed by atoms with E-state index < -0.39 is 0 Å². The van der Waals surface area contributed by atoms with E-state index in [0.717, 1.165) is 36.1 Å². The smallest absolute Gasteiger partial charge is 0.0532 e. The highest BCUT2D eigenvalue weighted by atomic mass is 15.1. The number of nitrogens with one attached hydrogen (secondary N) is 2. The standard InChI is InChI=1S/C16H25N3/c1-10(17-7-13-8-18-19-9-13)16-14-3-11-2-12(5-14)6-15(16)4-11/h8-12,14-17H,2-7H2,1H3,(H,18,19). The Morgan fingerprint density at radius 2 is 1.89 bits per heavy atom. The van der Waals surface area contributed by atoms with Crippen LogP contribution in [-0.2, 0) is 6.54 Å². The van der Waals surface area contributed by atoms with Crippen molar-refractivity contribution in [2.45, 2.75) is 51.6 Å². The van der Waals surface area contributed by atoms with Gasteiger partial charge < -0.3 is 5.32 Å². The van der Waals surface area contributed by atoms with Gasteiger partial charge in [0.2, 0.25) is 0 Å². The summed E-state index contributed by atoms with van der Waals surface area (Å²) in [5.41, 5.74) is 1.27. The zero-order chi connectivity index (χ0) is 12.8. The van der Waals surface area contributed by atoms with Crippen molar-refractivity contribution in [3.63, 3.8) is 0 Å². The first-order valence-corrected chi connectivity index (χ1v) is 8.00. The van der Waals surface area contributed by atoms with E-state index in [9.17, 15) is 0 Å². The Morgan fingerprint density at radius 3 is 2.47 bits per heavy atom. The van der Waals surface area contributed by atoms with Gasteiger partial charge in [0.25, 0.3) is 0 Å². The molecule has 3 heteroatoms. The summed E-state index contributed by atoms with van der Waals surface area (Å²) in [5.74, 6) is 5.13. The van der Waals surface area contributed by atoms with E-state index in [0.29, 0.717) is 6.04 Å². The molecule has 4 aliphatic rings. The Hall–Kier alpha value is -0.830. The van der Waals surface area contributed by atoms with Crippen LogP contribution in [0.15, 0.2) is 12.4 Å². The Balaban J connectivity index is 1.41. The Labute approximate surface area is 115 Å². The van der Waals surface area contributed by atoms with Crippen molar-refractivity contribution in [3.05, 3.63) is 18.0 Å². The molecule has 0 aromatic carbocycles. The van der Waals surface area contributed by atoms with Gasteiger partial charge in [0.1, 0.15) is 0 Å². The zero-order valence-corrected chi connectivity index (χ0v) is 11.8. The maximum absolute atomic E-state index is 4.02. The van der Waals surface area contributed by atoms with Crippen LogP contribution in [0, 0.1) is 29.6 Å². The minimum absolute atomic E-state index is 0.657. The first kappa shape index (κ1) is 12.0. The number of H-pyrrole nitrogens is 1. The molecule has 1 aromatic heterocycles. The maximum atomic E-state index is 4.02. The van der Waals surface area contributed by atoms with E-state index in [1.54, 1.807) is 6.42 Å². The van der Waals surface area contributed by atoms with Gasteiger partial charge in [-0.3, -0.25) is 5.10 Å². The van der Waals surface area contributed by atoms with E-state index in [2.05, 4.69) is 22.4 Å². The molecule has 4 bridgehead atoms. The molecule has 104 valence electrons. The van der Waals surface area contributed by atoms with E-state index in [4.69, 9.17) is 0 Å². The SMILES string of the molecule is CC(NCc1cn[nH]c1)C1C2CC3CC(C2)CC1C3. The third-order valence-corrected chi connectivity index (χ3v) is 6.06. The monoisotopic (exact) mass is 259 g/mol. The molecule has 1 unspecified atom stereocenters. The summed E-state index contributed by atoms with van der Waals surface area (Å²) in [6.07, 6.45) is 11.6. The summed E-state index contributed by atoms with van der Waals surface area (Å²) in [5, 5.41) is 10.7. The van der Waals surface area contributed by atoms with Crippen LogP contribution in [0.4, 0.5) is 0 Å². The molecule has 19 heavy (non-hydrogen) atoms. The van der Waals surface area contributed by atoms with Gasteiger partial charge in [-0.25, -0.2) is 0 Å². The number of rotatable bonds is 4. The van der Waals surface area contributed by atoms with Crippen molar-refractivity contribution in [1.82, 2.24) is 15.5 Å². The molecule has 4 aliphatic carbocycles. The Morgan fingerprint density at radius 1 is 1.21 bits per heavy atom. The molecule has 0 spiro atoms. The van der Waals surface area contributed by atoms with Crippen molar-refractivity contribution in [2.24, 2.45) is 29.6 Å². The van der Waals surface area contributed by atoms with E-state index in [-0.39, 0.29) is 0 Å². The second kappa shape index (κ2) is 4.62.